The lowest BCUT2D eigenvalue weighted by atomic mass is 9.96. The van der Waals surface area contributed by atoms with Crippen molar-refractivity contribution in [2.75, 3.05) is 13.2 Å². The fourth-order valence-corrected chi connectivity index (χ4v) is 3.09. The highest BCUT2D eigenvalue weighted by atomic mass is 16.3. The number of nitrogens with one attached hydrogen (secondary N) is 1. The molecule has 0 spiro atoms. The molecule has 20 heavy (non-hydrogen) atoms. The van der Waals surface area contributed by atoms with Crippen LogP contribution in [-0.4, -0.2) is 24.2 Å². The van der Waals surface area contributed by atoms with Crippen molar-refractivity contribution in [3.63, 3.8) is 0 Å². The smallest absolute Gasteiger partial charge is 0.224 e. The molecule has 0 heterocycles. The zero-order chi connectivity index (χ0) is 14.5. The van der Waals surface area contributed by atoms with Gasteiger partial charge in [0.25, 0.3) is 0 Å². The minimum absolute atomic E-state index is 0.0855. The quantitative estimate of drug-likeness (QED) is 0.866. The number of aliphatic hydroxyl groups is 1. The molecule has 0 bridgehead atoms. The first kappa shape index (κ1) is 15.0. The zero-order valence-corrected chi connectivity index (χ0v) is 12.5. The van der Waals surface area contributed by atoms with Gasteiger partial charge in [0.05, 0.1) is 6.42 Å². The van der Waals surface area contributed by atoms with E-state index in [1.54, 1.807) is 0 Å². The third kappa shape index (κ3) is 3.83. The van der Waals surface area contributed by atoms with Gasteiger partial charge in [0, 0.05) is 13.2 Å². The first-order valence-corrected chi connectivity index (χ1v) is 7.54. The van der Waals surface area contributed by atoms with Crippen LogP contribution in [-0.2, 0) is 11.2 Å². The van der Waals surface area contributed by atoms with Gasteiger partial charge in [-0.3, -0.25) is 4.79 Å². The molecule has 0 aromatic heterocycles. The standard InChI is InChI=1S/C17H25NO2/c1-12-6-7-13(2)16(8-12)9-17(20)18-10-14-4-3-5-15(14)11-19/h6-8,14-15,19H,3-5,9-11H2,1-2H3,(H,18,20). The minimum atomic E-state index is 0.0855. The highest BCUT2D eigenvalue weighted by molar-refractivity contribution is 5.79. The highest BCUT2D eigenvalue weighted by Gasteiger charge is 2.26. The van der Waals surface area contributed by atoms with Gasteiger partial charge in [0.2, 0.25) is 5.91 Å². The SMILES string of the molecule is Cc1ccc(C)c(CC(=O)NCC2CCCC2CO)c1. The van der Waals surface area contributed by atoms with E-state index in [1.165, 1.54) is 17.5 Å². The maximum atomic E-state index is 12.1. The maximum absolute atomic E-state index is 12.1. The minimum Gasteiger partial charge on any atom is -0.396 e. The Labute approximate surface area is 121 Å². The second-order valence-electron chi connectivity index (χ2n) is 6.04. The van der Waals surface area contributed by atoms with Crippen molar-refractivity contribution >= 4 is 5.91 Å². The van der Waals surface area contributed by atoms with E-state index in [-0.39, 0.29) is 12.5 Å². The molecule has 1 aromatic carbocycles. The summed E-state index contributed by atoms with van der Waals surface area (Å²) in [4.78, 5) is 12.1. The lowest BCUT2D eigenvalue weighted by Gasteiger charge is -2.18. The molecule has 1 saturated carbocycles. The van der Waals surface area contributed by atoms with Gasteiger partial charge in [-0.25, -0.2) is 0 Å². The van der Waals surface area contributed by atoms with Crippen molar-refractivity contribution in [3.05, 3.63) is 34.9 Å². The van der Waals surface area contributed by atoms with Crippen molar-refractivity contribution in [1.29, 1.82) is 0 Å². The zero-order valence-electron chi connectivity index (χ0n) is 12.5. The summed E-state index contributed by atoms with van der Waals surface area (Å²) < 4.78 is 0. The normalized spacial score (nSPS) is 21.9. The van der Waals surface area contributed by atoms with Crippen LogP contribution in [0, 0.1) is 25.7 Å². The molecule has 1 aliphatic carbocycles. The van der Waals surface area contributed by atoms with Gasteiger partial charge in [-0.2, -0.15) is 0 Å². The molecule has 3 heteroatoms. The lowest BCUT2D eigenvalue weighted by molar-refractivity contribution is -0.120. The molecular weight excluding hydrogens is 250 g/mol. The molecular formula is C17H25NO2. The molecule has 110 valence electrons. The van der Waals surface area contributed by atoms with Gasteiger partial charge >= 0.3 is 0 Å². The predicted molar refractivity (Wildman–Crippen MR) is 80.5 cm³/mol. The van der Waals surface area contributed by atoms with Crippen LogP contribution >= 0.6 is 0 Å². The van der Waals surface area contributed by atoms with Crippen molar-refractivity contribution in [3.8, 4) is 0 Å². The monoisotopic (exact) mass is 275 g/mol. The van der Waals surface area contributed by atoms with Crippen molar-refractivity contribution in [2.45, 2.75) is 39.5 Å². The second kappa shape index (κ2) is 6.89. The lowest BCUT2D eigenvalue weighted by Crippen LogP contribution is -2.32. The number of carbonyl (C=O) groups excluding carboxylic acids is 1. The van der Waals surface area contributed by atoms with E-state index in [1.807, 2.05) is 13.8 Å². The Hall–Kier alpha value is -1.35. The van der Waals surface area contributed by atoms with Gasteiger partial charge < -0.3 is 10.4 Å². The van der Waals surface area contributed by atoms with Gasteiger partial charge in [0.15, 0.2) is 0 Å². The Morgan fingerprint density at radius 2 is 2.05 bits per heavy atom. The number of hydrogen-bond acceptors (Lipinski definition) is 2. The Kier molecular flexibility index (Phi) is 5.18. The van der Waals surface area contributed by atoms with Crippen LogP contribution in [0.5, 0.6) is 0 Å². The summed E-state index contributed by atoms with van der Waals surface area (Å²) in [6.07, 6.45) is 3.83. The van der Waals surface area contributed by atoms with Crippen LogP contribution in [0.15, 0.2) is 18.2 Å². The fourth-order valence-electron chi connectivity index (χ4n) is 3.09. The number of rotatable bonds is 5. The molecule has 1 aliphatic rings. The van der Waals surface area contributed by atoms with E-state index in [9.17, 15) is 9.90 Å². The molecule has 1 aromatic rings. The van der Waals surface area contributed by atoms with E-state index in [0.717, 1.165) is 18.4 Å². The average Bonchev–Trinajstić information content (AvgIpc) is 2.88. The summed E-state index contributed by atoms with van der Waals surface area (Å²) in [5.74, 6) is 0.904. The van der Waals surface area contributed by atoms with E-state index < -0.39 is 0 Å². The van der Waals surface area contributed by atoms with E-state index >= 15 is 0 Å². The summed E-state index contributed by atoms with van der Waals surface area (Å²) in [6.45, 7) is 5.04. The fraction of sp³-hybridized carbons (Fsp3) is 0.588. The Morgan fingerprint density at radius 1 is 1.30 bits per heavy atom. The third-order valence-corrected chi connectivity index (χ3v) is 4.47. The van der Waals surface area contributed by atoms with Crippen LogP contribution in [0.3, 0.4) is 0 Å². The molecule has 1 fully saturated rings. The summed E-state index contributed by atoms with van der Waals surface area (Å²) in [5, 5.41) is 12.3. The van der Waals surface area contributed by atoms with E-state index in [2.05, 4.69) is 23.5 Å². The molecule has 0 saturated heterocycles. The molecule has 2 N–H and O–H groups in total. The van der Waals surface area contributed by atoms with Crippen LogP contribution in [0.2, 0.25) is 0 Å². The third-order valence-electron chi connectivity index (χ3n) is 4.47. The summed E-state index contributed by atoms with van der Waals surface area (Å²) in [6, 6.07) is 6.22. The molecule has 2 unspecified atom stereocenters. The van der Waals surface area contributed by atoms with Crippen molar-refractivity contribution in [2.24, 2.45) is 11.8 Å². The number of aryl methyl sites for hydroxylation is 2. The van der Waals surface area contributed by atoms with Gasteiger partial charge in [-0.1, -0.05) is 30.2 Å². The molecule has 3 nitrogen and oxygen atoms in total. The predicted octanol–water partition coefficient (Wildman–Crippen LogP) is 2.37. The first-order chi connectivity index (χ1) is 9.60. The van der Waals surface area contributed by atoms with Crippen molar-refractivity contribution in [1.82, 2.24) is 5.32 Å². The van der Waals surface area contributed by atoms with E-state index in [4.69, 9.17) is 0 Å². The Bertz CT molecular complexity index is 470. The Balaban J connectivity index is 1.85. The number of aliphatic hydroxyl groups excluding tert-OH is 1. The number of benzene rings is 1. The second-order valence-corrected chi connectivity index (χ2v) is 6.04. The average molecular weight is 275 g/mol. The molecule has 2 atom stereocenters. The number of carbonyl (C=O) groups is 1. The van der Waals surface area contributed by atoms with Crippen LogP contribution in [0.4, 0.5) is 0 Å². The molecule has 0 aliphatic heterocycles. The molecule has 2 rings (SSSR count). The molecule has 0 radical (unpaired) electrons. The number of amides is 1. The molecule has 1 amide bonds. The Morgan fingerprint density at radius 3 is 2.80 bits per heavy atom. The first-order valence-electron chi connectivity index (χ1n) is 7.54. The van der Waals surface area contributed by atoms with E-state index in [0.29, 0.717) is 24.8 Å². The largest absolute Gasteiger partial charge is 0.396 e. The summed E-state index contributed by atoms with van der Waals surface area (Å²) in [5.41, 5.74) is 3.46. The van der Waals surface area contributed by atoms with Crippen LogP contribution < -0.4 is 5.32 Å². The van der Waals surface area contributed by atoms with Crippen molar-refractivity contribution < 1.29 is 9.90 Å². The highest BCUT2D eigenvalue weighted by Crippen LogP contribution is 2.30. The van der Waals surface area contributed by atoms with Gasteiger partial charge in [0.1, 0.15) is 0 Å². The van der Waals surface area contributed by atoms with Gasteiger partial charge in [-0.15, -0.1) is 0 Å². The van der Waals surface area contributed by atoms with Gasteiger partial charge in [-0.05, 0) is 49.7 Å². The van der Waals surface area contributed by atoms with Crippen LogP contribution in [0.25, 0.3) is 0 Å². The summed E-state index contributed by atoms with van der Waals surface area (Å²) >= 11 is 0. The summed E-state index contributed by atoms with van der Waals surface area (Å²) in [7, 11) is 0. The number of hydrogen-bond donors (Lipinski definition) is 2. The maximum Gasteiger partial charge on any atom is 0.224 e. The van der Waals surface area contributed by atoms with Crippen LogP contribution in [0.1, 0.15) is 36.0 Å². The topological polar surface area (TPSA) is 49.3 Å².